The van der Waals surface area contributed by atoms with E-state index in [4.69, 9.17) is 0 Å². The highest BCUT2D eigenvalue weighted by Crippen LogP contribution is 2.33. The van der Waals surface area contributed by atoms with E-state index in [0.29, 0.717) is 16.6 Å². The number of benzene rings is 1. The summed E-state index contributed by atoms with van der Waals surface area (Å²) >= 11 is 3.28. The first-order chi connectivity index (χ1) is 7.91. The van der Waals surface area contributed by atoms with Gasteiger partial charge in [0.2, 0.25) is 0 Å². The third kappa shape index (κ3) is 2.36. The molecule has 0 atom stereocenters. The smallest absolute Gasteiger partial charge is 0.388 e. The van der Waals surface area contributed by atoms with Crippen molar-refractivity contribution in [2.24, 2.45) is 0 Å². The Hall–Kier alpha value is -1.30. The van der Waals surface area contributed by atoms with Crippen LogP contribution in [0.15, 0.2) is 28.7 Å². The predicted octanol–water partition coefficient (Wildman–Crippen LogP) is 4.06. The van der Waals surface area contributed by atoms with Crippen molar-refractivity contribution in [3.63, 3.8) is 0 Å². The number of hydrogen-bond donors (Lipinski definition) is 1. The molecule has 0 unspecified atom stereocenters. The molecule has 2 rings (SSSR count). The van der Waals surface area contributed by atoms with Crippen LogP contribution in [0.1, 0.15) is 5.69 Å². The van der Waals surface area contributed by atoms with Gasteiger partial charge in [0.05, 0.1) is 5.52 Å². The third-order valence-corrected chi connectivity index (χ3v) is 2.82. The van der Waals surface area contributed by atoms with Crippen LogP contribution in [0, 0.1) is 0 Å². The maximum Gasteiger partial charge on any atom is 0.433 e. The molecule has 1 aromatic heterocycles. The Labute approximate surface area is 104 Å². The van der Waals surface area contributed by atoms with Gasteiger partial charge in [0, 0.05) is 22.6 Å². The molecule has 1 aromatic carbocycles. The zero-order chi connectivity index (χ0) is 12.6. The molecule has 0 aliphatic heterocycles. The molecule has 0 saturated carbocycles. The van der Waals surface area contributed by atoms with Crippen LogP contribution < -0.4 is 5.32 Å². The van der Waals surface area contributed by atoms with Crippen LogP contribution in [0.25, 0.3) is 10.9 Å². The monoisotopic (exact) mass is 304 g/mol. The highest BCUT2D eigenvalue weighted by molar-refractivity contribution is 9.10. The van der Waals surface area contributed by atoms with Crippen molar-refractivity contribution in [2.45, 2.75) is 6.18 Å². The van der Waals surface area contributed by atoms with E-state index >= 15 is 0 Å². The molecule has 2 aromatic rings. The molecule has 1 heterocycles. The van der Waals surface area contributed by atoms with Crippen molar-refractivity contribution in [1.29, 1.82) is 0 Å². The molecule has 0 aliphatic rings. The van der Waals surface area contributed by atoms with E-state index in [-0.39, 0.29) is 0 Å². The first kappa shape index (κ1) is 12.2. The Morgan fingerprint density at radius 2 is 1.94 bits per heavy atom. The summed E-state index contributed by atoms with van der Waals surface area (Å²) in [6.07, 6.45) is -4.44. The fourth-order valence-electron chi connectivity index (χ4n) is 1.55. The molecule has 0 spiro atoms. The number of halogens is 4. The van der Waals surface area contributed by atoms with Crippen LogP contribution >= 0.6 is 15.9 Å². The molecule has 17 heavy (non-hydrogen) atoms. The van der Waals surface area contributed by atoms with Gasteiger partial charge in [-0.25, -0.2) is 4.98 Å². The lowest BCUT2D eigenvalue weighted by Crippen LogP contribution is -2.09. The van der Waals surface area contributed by atoms with E-state index < -0.39 is 11.9 Å². The molecule has 0 aliphatic carbocycles. The molecule has 0 fully saturated rings. The van der Waals surface area contributed by atoms with Gasteiger partial charge in [-0.3, -0.25) is 0 Å². The van der Waals surface area contributed by atoms with Crippen molar-refractivity contribution >= 4 is 32.5 Å². The van der Waals surface area contributed by atoms with Gasteiger partial charge in [0.25, 0.3) is 0 Å². The average Bonchev–Trinajstić information content (AvgIpc) is 2.26. The van der Waals surface area contributed by atoms with E-state index in [0.717, 1.165) is 10.5 Å². The van der Waals surface area contributed by atoms with E-state index in [1.54, 1.807) is 25.2 Å². The number of rotatable bonds is 1. The maximum absolute atomic E-state index is 12.6. The second-order valence-corrected chi connectivity index (χ2v) is 4.38. The van der Waals surface area contributed by atoms with Crippen LogP contribution in [-0.4, -0.2) is 12.0 Å². The first-order valence-corrected chi connectivity index (χ1v) is 5.56. The molecule has 0 amide bonds. The van der Waals surface area contributed by atoms with Crippen LogP contribution in [0.3, 0.4) is 0 Å². The van der Waals surface area contributed by atoms with Gasteiger partial charge < -0.3 is 5.32 Å². The van der Waals surface area contributed by atoms with Crippen LogP contribution in [0.4, 0.5) is 18.9 Å². The topological polar surface area (TPSA) is 24.9 Å². The Kier molecular flexibility index (Phi) is 2.99. The Balaban J connectivity index is 2.75. The summed E-state index contributed by atoms with van der Waals surface area (Å²) in [6, 6.07) is 5.95. The fraction of sp³-hybridized carbons (Fsp3) is 0.182. The van der Waals surface area contributed by atoms with Gasteiger partial charge in [-0.2, -0.15) is 13.2 Å². The predicted molar refractivity (Wildman–Crippen MR) is 64.0 cm³/mol. The molecule has 6 heteroatoms. The minimum atomic E-state index is -4.44. The summed E-state index contributed by atoms with van der Waals surface area (Å²) in [4.78, 5) is 3.61. The summed E-state index contributed by atoms with van der Waals surface area (Å²) in [5.41, 5.74) is -0.173. The SMILES string of the molecule is CNc1cc(C(F)(F)F)nc2ccc(Br)cc12. The number of nitrogens with zero attached hydrogens (tertiary/aromatic N) is 1. The maximum atomic E-state index is 12.6. The van der Waals surface area contributed by atoms with Crippen molar-refractivity contribution < 1.29 is 13.2 Å². The zero-order valence-electron chi connectivity index (χ0n) is 8.77. The van der Waals surface area contributed by atoms with E-state index in [1.807, 2.05) is 0 Å². The molecule has 90 valence electrons. The zero-order valence-corrected chi connectivity index (χ0v) is 10.4. The molecular weight excluding hydrogens is 297 g/mol. The second-order valence-electron chi connectivity index (χ2n) is 3.46. The van der Waals surface area contributed by atoms with Gasteiger partial charge in [0.1, 0.15) is 5.69 Å². The number of fused-ring (bicyclic) bond motifs is 1. The molecule has 2 nitrogen and oxygen atoms in total. The molecular formula is C11H8BrF3N2. The Morgan fingerprint density at radius 1 is 1.24 bits per heavy atom. The number of aromatic nitrogens is 1. The number of anilines is 1. The average molecular weight is 305 g/mol. The van der Waals surface area contributed by atoms with Gasteiger partial charge in [-0.1, -0.05) is 15.9 Å². The minimum Gasteiger partial charge on any atom is -0.388 e. The molecule has 0 saturated heterocycles. The summed E-state index contributed by atoms with van der Waals surface area (Å²) in [5.74, 6) is 0. The molecule has 0 radical (unpaired) electrons. The quantitative estimate of drug-likeness (QED) is 0.859. The number of alkyl halides is 3. The van der Waals surface area contributed by atoms with Gasteiger partial charge in [-0.15, -0.1) is 0 Å². The van der Waals surface area contributed by atoms with Crippen molar-refractivity contribution in [2.75, 3.05) is 12.4 Å². The van der Waals surface area contributed by atoms with E-state index in [9.17, 15) is 13.2 Å². The van der Waals surface area contributed by atoms with E-state index in [2.05, 4.69) is 26.2 Å². The summed E-state index contributed by atoms with van der Waals surface area (Å²) in [7, 11) is 1.58. The Bertz CT molecular complexity index is 566. The van der Waals surface area contributed by atoms with Gasteiger partial charge in [-0.05, 0) is 24.3 Å². The van der Waals surface area contributed by atoms with E-state index in [1.165, 1.54) is 0 Å². The molecule has 1 N–H and O–H groups in total. The van der Waals surface area contributed by atoms with Crippen LogP contribution in [0.2, 0.25) is 0 Å². The van der Waals surface area contributed by atoms with Crippen LogP contribution in [0.5, 0.6) is 0 Å². The summed E-state index contributed by atoms with van der Waals surface area (Å²) in [6.45, 7) is 0. The number of nitrogens with one attached hydrogen (secondary N) is 1. The molecule has 0 bridgehead atoms. The van der Waals surface area contributed by atoms with Crippen molar-refractivity contribution in [1.82, 2.24) is 4.98 Å². The largest absolute Gasteiger partial charge is 0.433 e. The van der Waals surface area contributed by atoms with Crippen molar-refractivity contribution in [3.05, 3.63) is 34.4 Å². The van der Waals surface area contributed by atoms with Gasteiger partial charge >= 0.3 is 6.18 Å². The third-order valence-electron chi connectivity index (χ3n) is 2.33. The minimum absolute atomic E-state index is 0.312. The second kappa shape index (κ2) is 4.18. The lowest BCUT2D eigenvalue weighted by Gasteiger charge is -2.11. The van der Waals surface area contributed by atoms with Crippen molar-refractivity contribution in [3.8, 4) is 0 Å². The Morgan fingerprint density at radius 3 is 2.53 bits per heavy atom. The number of hydrogen-bond acceptors (Lipinski definition) is 2. The summed E-state index contributed by atoms with van der Waals surface area (Å²) < 4.78 is 38.6. The highest BCUT2D eigenvalue weighted by atomic mass is 79.9. The lowest BCUT2D eigenvalue weighted by atomic mass is 10.1. The standard InChI is InChI=1S/C11H8BrF3N2/c1-16-9-5-10(11(13,14)15)17-8-3-2-6(12)4-7(8)9/h2-5H,1H3,(H,16,17). The van der Waals surface area contributed by atoms with Crippen LogP contribution in [-0.2, 0) is 6.18 Å². The number of pyridine rings is 1. The lowest BCUT2D eigenvalue weighted by molar-refractivity contribution is -0.140. The highest BCUT2D eigenvalue weighted by Gasteiger charge is 2.33. The normalized spacial score (nSPS) is 11.8. The fourth-order valence-corrected chi connectivity index (χ4v) is 1.91. The summed E-state index contributed by atoms with van der Waals surface area (Å²) in [5, 5.41) is 3.40. The van der Waals surface area contributed by atoms with Gasteiger partial charge in [0.15, 0.2) is 0 Å². The first-order valence-electron chi connectivity index (χ1n) is 4.77.